The number of hydrogen-bond donors (Lipinski definition) is 2. The summed E-state index contributed by atoms with van der Waals surface area (Å²) >= 11 is 0. The number of carbonyl (C=O) groups excluding carboxylic acids is 3. The Morgan fingerprint density at radius 1 is 1.01 bits per heavy atom. The van der Waals surface area contributed by atoms with Crippen molar-refractivity contribution in [3.63, 3.8) is 0 Å². The third-order valence-corrected chi connectivity index (χ3v) is 13.7. The van der Waals surface area contributed by atoms with Crippen molar-refractivity contribution in [3.05, 3.63) is 65.4 Å². The molecule has 5 aliphatic rings. The number of hydrogen-bond acceptors (Lipinski definition) is 11. The van der Waals surface area contributed by atoms with Crippen LogP contribution in [0.4, 0.5) is 37.8 Å². The number of aromatic nitrogens is 7. The van der Waals surface area contributed by atoms with E-state index in [4.69, 9.17) is 14.6 Å². The molecule has 2 saturated carbocycles. The molecule has 2 aliphatic carbocycles. The maximum atomic E-state index is 15.6. The fraction of sp³-hybridized carbons (Fsp3) is 0.543. The van der Waals surface area contributed by atoms with Crippen molar-refractivity contribution in [2.75, 3.05) is 56.2 Å². The zero-order chi connectivity index (χ0) is 47.3. The lowest BCUT2D eigenvalue weighted by atomic mass is 9.85. The Labute approximate surface area is 385 Å². The lowest BCUT2D eigenvalue weighted by Crippen LogP contribution is -2.54. The second-order valence-corrected chi connectivity index (χ2v) is 18.3. The highest BCUT2D eigenvalue weighted by atomic mass is 19.4. The van der Waals surface area contributed by atoms with Gasteiger partial charge in [0.25, 0.3) is 12.3 Å². The third kappa shape index (κ3) is 9.39. The molecular weight excluding hydrogens is 901 g/mol. The molecule has 0 bridgehead atoms. The number of alkyl halides is 6. The van der Waals surface area contributed by atoms with Crippen LogP contribution in [0.2, 0.25) is 0 Å². The first-order chi connectivity index (χ1) is 32.8. The van der Waals surface area contributed by atoms with Gasteiger partial charge in [-0.1, -0.05) is 24.0 Å². The maximum Gasteiger partial charge on any atom is 0.411 e. The van der Waals surface area contributed by atoms with Crippen LogP contribution in [-0.4, -0.2) is 127 Å². The molecular formula is C46H49F6N11O5. The van der Waals surface area contributed by atoms with Crippen LogP contribution in [0.1, 0.15) is 110 Å². The zero-order valence-electron chi connectivity index (χ0n) is 36.8. The second kappa shape index (κ2) is 18.8. The number of benzene rings is 1. The van der Waals surface area contributed by atoms with Gasteiger partial charge in [0.1, 0.15) is 30.2 Å². The van der Waals surface area contributed by atoms with Gasteiger partial charge in [0.2, 0.25) is 11.8 Å². The summed E-state index contributed by atoms with van der Waals surface area (Å²) in [5.74, 6) is 4.52. The van der Waals surface area contributed by atoms with Gasteiger partial charge in [0.15, 0.2) is 11.3 Å². The summed E-state index contributed by atoms with van der Waals surface area (Å²) in [4.78, 5) is 45.5. The second-order valence-electron chi connectivity index (χ2n) is 18.3. The predicted octanol–water partition coefficient (Wildman–Crippen LogP) is 6.30. The maximum absolute atomic E-state index is 15.6. The van der Waals surface area contributed by atoms with Gasteiger partial charge in [-0.2, -0.15) is 28.5 Å². The van der Waals surface area contributed by atoms with Crippen LogP contribution in [0, 0.1) is 17.8 Å². The Morgan fingerprint density at radius 3 is 2.57 bits per heavy atom. The van der Waals surface area contributed by atoms with Gasteiger partial charge in [-0.15, -0.1) is 0 Å². The molecule has 1 unspecified atom stereocenters. The number of ether oxygens (including phenoxy) is 2. The smallest absolute Gasteiger partial charge is 0.377 e. The lowest BCUT2D eigenvalue weighted by molar-refractivity contribution is -0.167. The average molecular weight is 950 g/mol. The highest BCUT2D eigenvalue weighted by Gasteiger charge is 2.46. The predicted molar refractivity (Wildman–Crippen MR) is 233 cm³/mol. The Bertz CT molecular complexity index is 2770. The van der Waals surface area contributed by atoms with Crippen LogP contribution in [0.15, 0.2) is 42.9 Å². The number of fused-ring (bicyclic) bond motifs is 2. The number of morpholine rings is 1. The highest BCUT2D eigenvalue weighted by Crippen LogP contribution is 2.41. The first-order valence-corrected chi connectivity index (χ1v) is 23.0. The Balaban J connectivity index is 0.718. The van der Waals surface area contributed by atoms with Gasteiger partial charge in [-0.05, 0) is 69.4 Å². The van der Waals surface area contributed by atoms with Crippen LogP contribution < -0.4 is 15.5 Å². The molecule has 0 spiro atoms. The molecule has 5 fully saturated rings. The van der Waals surface area contributed by atoms with Crippen molar-refractivity contribution >= 4 is 45.8 Å². The number of piperidine rings is 2. The number of para-hydroxylation sites is 1. The van der Waals surface area contributed by atoms with E-state index in [1.807, 2.05) is 22.9 Å². The van der Waals surface area contributed by atoms with Gasteiger partial charge in [0.05, 0.1) is 66.0 Å². The SMILES string of the molecule is O=C1CCC(c2nn(C3CC3)c3c(C#CCO[C@H]4CCN(CC5CCC(n6cc(NC(=O)c7cnn8ccc(N9CCOC[C@@H]9C(F)(F)F)nc78)c(C(F)F)n6)CC5)C[C@H]4F)cccc23)C(=O)N1. The van der Waals surface area contributed by atoms with E-state index in [9.17, 15) is 36.3 Å². The van der Waals surface area contributed by atoms with Crippen molar-refractivity contribution in [1.29, 1.82) is 0 Å². The molecule has 3 saturated heterocycles. The van der Waals surface area contributed by atoms with Crippen molar-refractivity contribution < 1.29 is 50.2 Å². The summed E-state index contributed by atoms with van der Waals surface area (Å²) in [6.07, 6.45) is 0.388. The number of nitrogens with zero attached hydrogens (tertiary/aromatic N) is 9. The minimum absolute atomic E-state index is 0.0376. The number of rotatable bonds is 11. The van der Waals surface area contributed by atoms with Crippen LogP contribution >= 0.6 is 0 Å². The third-order valence-electron chi connectivity index (χ3n) is 13.7. The fourth-order valence-corrected chi connectivity index (χ4v) is 10.0. The van der Waals surface area contributed by atoms with E-state index in [1.165, 1.54) is 33.9 Å². The summed E-state index contributed by atoms with van der Waals surface area (Å²) in [6.45, 7) is 0.973. The molecule has 2 N–H and O–H groups in total. The van der Waals surface area contributed by atoms with E-state index in [0.717, 1.165) is 47.0 Å². The van der Waals surface area contributed by atoms with Gasteiger partial charge >= 0.3 is 6.18 Å². The van der Waals surface area contributed by atoms with Crippen molar-refractivity contribution in [2.45, 2.75) is 107 Å². The monoisotopic (exact) mass is 949 g/mol. The number of likely N-dealkylation sites (tertiary alicyclic amines) is 1. The molecule has 1 aromatic carbocycles. The summed E-state index contributed by atoms with van der Waals surface area (Å²) < 4.78 is 101. The lowest BCUT2D eigenvalue weighted by Gasteiger charge is -2.38. The molecule has 4 atom stereocenters. The molecule has 3 aliphatic heterocycles. The molecule has 3 amide bonds. The van der Waals surface area contributed by atoms with E-state index >= 15 is 4.39 Å². The average Bonchev–Trinajstić information content (AvgIpc) is 3.74. The van der Waals surface area contributed by atoms with Crippen LogP contribution in [0.5, 0.6) is 0 Å². The Kier molecular flexibility index (Phi) is 12.6. The topological polar surface area (TPSA) is 166 Å². The number of nitrogens with one attached hydrogen (secondary N) is 2. The van der Waals surface area contributed by atoms with Gasteiger partial charge in [0, 0.05) is 50.4 Å². The van der Waals surface area contributed by atoms with E-state index < -0.39 is 55.0 Å². The van der Waals surface area contributed by atoms with Crippen molar-refractivity contribution in [3.8, 4) is 11.8 Å². The van der Waals surface area contributed by atoms with E-state index in [0.29, 0.717) is 44.5 Å². The number of carbonyl (C=O) groups is 3. The zero-order valence-corrected chi connectivity index (χ0v) is 36.8. The standard InChI is InChI=1S/C46H49F6N11O5/c47-33-23-59(16-14-35(33)68-19-2-4-27-3-1-5-30-39(31-12-13-38(64)56-44(31)65)58-63(41(27)30)29-10-11-29)22-26-6-8-28(9-7-26)62-24-34(40(57-62)42(48)49)54-45(66)32-21-53-61-17-15-37(55-43(32)61)60-18-20-67-25-36(60)46(50,51)52/h1,3,5,15,17,21,24,26,28-29,31,33,35-36,42H,6-14,16,18-20,22-23,25H2,(H,54,66)(H,56,64,65)/t26?,28?,31?,33-,35+,36-/m1/s1. The van der Waals surface area contributed by atoms with Gasteiger partial charge in [-0.25, -0.2) is 22.7 Å². The summed E-state index contributed by atoms with van der Waals surface area (Å²) in [5.41, 5.74) is 1.26. The normalized spacial score (nSPS) is 25.2. The van der Waals surface area contributed by atoms with Crippen molar-refractivity contribution in [1.82, 2.24) is 44.4 Å². The van der Waals surface area contributed by atoms with E-state index in [2.05, 4.69) is 42.6 Å². The summed E-state index contributed by atoms with van der Waals surface area (Å²) in [5, 5.41) is 18.9. The molecule has 0 radical (unpaired) electrons. The molecule has 4 aromatic heterocycles. The van der Waals surface area contributed by atoms with Gasteiger partial charge in [-0.3, -0.25) is 34.0 Å². The fourth-order valence-electron chi connectivity index (χ4n) is 10.0. The van der Waals surface area contributed by atoms with Crippen LogP contribution in [0.25, 0.3) is 16.6 Å². The van der Waals surface area contributed by atoms with Gasteiger partial charge < -0.3 is 19.7 Å². The Hall–Kier alpha value is -6.05. The quantitative estimate of drug-likeness (QED) is 0.0868. The number of amides is 3. The molecule has 22 heteroatoms. The van der Waals surface area contributed by atoms with Crippen LogP contribution in [0.3, 0.4) is 0 Å². The largest absolute Gasteiger partial charge is 0.411 e. The minimum atomic E-state index is -4.59. The molecule has 10 rings (SSSR count). The number of halogens is 6. The molecule has 68 heavy (non-hydrogen) atoms. The minimum Gasteiger partial charge on any atom is -0.377 e. The van der Waals surface area contributed by atoms with E-state index in [1.54, 1.807) is 0 Å². The Morgan fingerprint density at radius 2 is 1.82 bits per heavy atom. The molecule has 5 aromatic rings. The molecule has 7 heterocycles. The van der Waals surface area contributed by atoms with Crippen LogP contribution in [-0.2, 0) is 19.1 Å². The number of imide groups is 1. The number of anilines is 2. The van der Waals surface area contributed by atoms with Crippen molar-refractivity contribution in [2.24, 2.45) is 5.92 Å². The van der Waals surface area contributed by atoms with E-state index in [-0.39, 0.29) is 85.3 Å². The molecule has 360 valence electrons. The summed E-state index contributed by atoms with van der Waals surface area (Å²) in [6, 6.07) is 5.13. The summed E-state index contributed by atoms with van der Waals surface area (Å²) in [7, 11) is 0. The first kappa shape index (κ1) is 45.7. The highest BCUT2D eigenvalue weighted by molar-refractivity contribution is 6.08. The molecule has 16 nitrogen and oxygen atoms in total. The first-order valence-electron chi connectivity index (χ1n) is 23.0.